The molecule has 1 saturated carbocycles. The zero-order chi connectivity index (χ0) is 22.8. The predicted molar refractivity (Wildman–Crippen MR) is 123 cm³/mol. The van der Waals surface area contributed by atoms with Crippen LogP contribution in [0.4, 0.5) is 4.39 Å². The third-order valence-corrected chi connectivity index (χ3v) is 7.06. The number of benzene rings is 1. The highest BCUT2D eigenvalue weighted by atomic mass is 32.2. The van der Waals surface area contributed by atoms with Gasteiger partial charge in [-0.15, -0.1) is 10.2 Å². The SMILES string of the molecule is CC(=O)c1c(C)[nH]c(C(=O)CSc2nnc(-c3ccccc3F)n2C2CCCCC2)c1C. The van der Waals surface area contributed by atoms with Crippen LogP contribution in [0.5, 0.6) is 0 Å². The molecule has 1 aliphatic carbocycles. The molecule has 0 amide bonds. The Hall–Kier alpha value is -2.74. The van der Waals surface area contributed by atoms with Gasteiger partial charge in [0.15, 0.2) is 22.5 Å². The van der Waals surface area contributed by atoms with Crippen LogP contribution < -0.4 is 0 Å². The van der Waals surface area contributed by atoms with E-state index in [1.807, 2.05) is 4.57 Å². The summed E-state index contributed by atoms with van der Waals surface area (Å²) in [6, 6.07) is 6.77. The van der Waals surface area contributed by atoms with Gasteiger partial charge in [-0.2, -0.15) is 0 Å². The molecule has 0 spiro atoms. The van der Waals surface area contributed by atoms with Crippen molar-refractivity contribution in [1.29, 1.82) is 0 Å². The van der Waals surface area contributed by atoms with Crippen LogP contribution in [0.3, 0.4) is 0 Å². The Morgan fingerprint density at radius 1 is 1.16 bits per heavy atom. The molecule has 1 aromatic carbocycles. The zero-order valence-electron chi connectivity index (χ0n) is 18.6. The molecule has 168 valence electrons. The smallest absolute Gasteiger partial charge is 0.192 e. The monoisotopic (exact) mass is 454 g/mol. The molecule has 0 bridgehead atoms. The van der Waals surface area contributed by atoms with Crippen LogP contribution in [-0.2, 0) is 0 Å². The van der Waals surface area contributed by atoms with Crippen LogP contribution in [-0.4, -0.2) is 37.1 Å². The summed E-state index contributed by atoms with van der Waals surface area (Å²) in [5.41, 5.74) is 2.84. The molecule has 1 fully saturated rings. The number of rotatable bonds is 7. The largest absolute Gasteiger partial charge is 0.355 e. The van der Waals surface area contributed by atoms with Crippen LogP contribution in [0.1, 0.15) is 77.2 Å². The van der Waals surface area contributed by atoms with Crippen molar-refractivity contribution in [2.45, 2.75) is 64.1 Å². The molecule has 32 heavy (non-hydrogen) atoms. The summed E-state index contributed by atoms with van der Waals surface area (Å²) in [7, 11) is 0. The fourth-order valence-corrected chi connectivity index (χ4v) is 5.51. The number of nitrogens with one attached hydrogen (secondary N) is 1. The molecule has 0 radical (unpaired) electrons. The lowest BCUT2D eigenvalue weighted by Gasteiger charge is -2.25. The summed E-state index contributed by atoms with van der Waals surface area (Å²) >= 11 is 1.31. The number of aromatic amines is 1. The first kappa shape index (κ1) is 22.5. The van der Waals surface area contributed by atoms with Gasteiger partial charge in [0.2, 0.25) is 0 Å². The number of Topliss-reactive ketones (excluding diaryl/α,β-unsaturated/α-hetero) is 2. The summed E-state index contributed by atoms with van der Waals surface area (Å²) in [6.45, 7) is 5.09. The minimum Gasteiger partial charge on any atom is -0.355 e. The van der Waals surface area contributed by atoms with Crippen molar-refractivity contribution >= 4 is 23.3 Å². The van der Waals surface area contributed by atoms with Gasteiger partial charge in [-0.05, 0) is 51.3 Å². The fraction of sp³-hybridized carbons (Fsp3) is 0.417. The Morgan fingerprint density at radius 3 is 2.53 bits per heavy atom. The Kier molecular flexibility index (Phi) is 6.60. The number of hydrogen-bond acceptors (Lipinski definition) is 5. The second kappa shape index (κ2) is 9.40. The Balaban J connectivity index is 1.63. The molecule has 8 heteroatoms. The Bertz CT molecular complexity index is 1160. The van der Waals surface area contributed by atoms with Gasteiger partial charge in [0.1, 0.15) is 5.82 Å². The van der Waals surface area contributed by atoms with E-state index >= 15 is 0 Å². The molecule has 1 aliphatic rings. The lowest BCUT2D eigenvalue weighted by Crippen LogP contribution is -2.16. The molecule has 0 atom stereocenters. The van der Waals surface area contributed by atoms with Crippen molar-refractivity contribution in [1.82, 2.24) is 19.7 Å². The van der Waals surface area contributed by atoms with E-state index in [2.05, 4.69) is 15.2 Å². The molecule has 0 aliphatic heterocycles. The molecule has 3 aromatic rings. The molecule has 1 N–H and O–H groups in total. The van der Waals surface area contributed by atoms with Crippen LogP contribution in [0.15, 0.2) is 29.4 Å². The number of ketones is 2. The number of aryl methyl sites for hydroxylation is 1. The molecular formula is C24H27FN4O2S. The van der Waals surface area contributed by atoms with Crippen LogP contribution in [0.2, 0.25) is 0 Å². The summed E-state index contributed by atoms with van der Waals surface area (Å²) in [5, 5.41) is 9.28. The van der Waals surface area contributed by atoms with Crippen molar-refractivity contribution in [3.05, 3.63) is 52.6 Å². The van der Waals surface area contributed by atoms with Gasteiger partial charge in [0, 0.05) is 17.3 Å². The minimum absolute atomic E-state index is 0.0606. The second-order valence-electron chi connectivity index (χ2n) is 8.34. The van der Waals surface area contributed by atoms with E-state index in [0.717, 1.165) is 25.7 Å². The Morgan fingerprint density at radius 2 is 1.88 bits per heavy atom. The summed E-state index contributed by atoms with van der Waals surface area (Å²) < 4.78 is 16.6. The highest BCUT2D eigenvalue weighted by molar-refractivity contribution is 7.99. The molecule has 0 saturated heterocycles. The maximum atomic E-state index is 14.5. The maximum Gasteiger partial charge on any atom is 0.192 e. The first-order chi connectivity index (χ1) is 15.4. The normalized spacial score (nSPS) is 14.6. The molecule has 0 unspecified atom stereocenters. The van der Waals surface area contributed by atoms with E-state index in [0.29, 0.717) is 39.1 Å². The fourth-order valence-electron chi connectivity index (χ4n) is 4.63. The van der Waals surface area contributed by atoms with Gasteiger partial charge >= 0.3 is 0 Å². The lowest BCUT2D eigenvalue weighted by molar-refractivity contribution is 0.101. The number of hydrogen-bond donors (Lipinski definition) is 1. The zero-order valence-corrected chi connectivity index (χ0v) is 19.4. The van der Waals surface area contributed by atoms with Crippen LogP contribution in [0, 0.1) is 19.7 Å². The number of halogens is 1. The van der Waals surface area contributed by atoms with Gasteiger partial charge in [-0.1, -0.05) is 43.2 Å². The first-order valence-electron chi connectivity index (χ1n) is 10.9. The van der Waals surface area contributed by atoms with Crippen molar-refractivity contribution < 1.29 is 14.0 Å². The standard InChI is InChI=1S/C24H27FN4O2S/c1-14-21(16(3)30)15(2)26-22(14)20(31)13-32-24-28-27-23(18-11-7-8-12-19(18)25)29(24)17-9-5-4-6-10-17/h7-8,11-12,17,26H,4-6,9-10,13H2,1-3H3. The number of aromatic nitrogens is 4. The number of carbonyl (C=O) groups excluding carboxylic acids is 2. The third-order valence-electron chi connectivity index (χ3n) is 6.12. The topological polar surface area (TPSA) is 80.6 Å². The molecular weight excluding hydrogens is 427 g/mol. The summed E-state index contributed by atoms with van der Waals surface area (Å²) in [4.78, 5) is 27.9. The predicted octanol–water partition coefficient (Wildman–Crippen LogP) is 5.71. The van der Waals surface area contributed by atoms with E-state index in [4.69, 9.17) is 0 Å². The highest BCUT2D eigenvalue weighted by Crippen LogP contribution is 2.36. The van der Waals surface area contributed by atoms with E-state index < -0.39 is 0 Å². The lowest BCUT2D eigenvalue weighted by atomic mass is 9.95. The van der Waals surface area contributed by atoms with Gasteiger partial charge in [-0.3, -0.25) is 14.2 Å². The average molecular weight is 455 g/mol. The summed E-state index contributed by atoms with van der Waals surface area (Å²) in [6.07, 6.45) is 5.38. The van der Waals surface area contributed by atoms with Gasteiger partial charge in [0.25, 0.3) is 0 Å². The van der Waals surface area contributed by atoms with Crippen LogP contribution >= 0.6 is 11.8 Å². The van der Waals surface area contributed by atoms with E-state index in [9.17, 15) is 14.0 Å². The van der Waals surface area contributed by atoms with Crippen molar-refractivity contribution in [2.75, 3.05) is 5.75 Å². The molecule has 6 nitrogen and oxygen atoms in total. The van der Waals surface area contributed by atoms with Gasteiger partial charge in [0.05, 0.1) is 17.0 Å². The van der Waals surface area contributed by atoms with Gasteiger partial charge in [-0.25, -0.2) is 4.39 Å². The van der Waals surface area contributed by atoms with E-state index in [1.54, 1.807) is 32.0 Å². The quantitative estimate of drug-likeness (QED) is 0.365. The molecule has 2 aromatic heterocycles. The maximum absolute atomic E-state index is 14.5. The van der Waals surface area contributed by atoms with Crippen molar-refractivity contribution in [3.8, 4) is 11.4 Å². The summed E-state index contributed by atoms with van der Waals surface area (Å²) in [5.74, 6) is 0.165. The van der Waals surface area contributed by atoms with Gasteiger partial charge < -0.3 is 4.98 Å². The van der Waals surface area contributed by atoms with Crippen molar-refractivity contribution in [3.63, 3.8) is 0 Å². The van der Waals surface area contributed by atoms with Crippen LogP contribution in [0.25, 0.3) is 11.4 Å². The minimum atomic E-state index is -0.334. The molecule has 2 heterocycles. The average Bonchev–Trinajstić information content (AvgIpc) is 3.33. The molecule has 4 rings (SSSR count). The van der Waals surface area contributed by atoms with Crippen molar-refractivity contribution in [2.24, 2.45) is 0 Å². The number of nitrogens with zero attached hydrogens (tertiary/aromatic N) is 3. The van der Waals surface area contributed by atoms with E-state index in [-0.39, 0.29) is 29.2 Å². The van der Waals surface area contributed by atoms with E-state index in [1.165, 1.54) is 31.2 Å². The first-order valence-corrected chi connectivity index (χ1v) is 11.9. The second-order valence-corrected chi connectivity index (χ2v) is 9.28. The number of thioether (sulfide) groups is 1. The highest BCUT2D eigenvalue weighted by Gasteiger charge is 2.26. The Labute approximate surface area is 191 Å². The third kappa shape index (κ3) is 4.28. The number of carbonyl (C=O) groups is 2. The number of H-pyrrole nitrogens is 1.